The lowest BCUT2D eigenvalue weighted by molar-refractivity contribution is 0.669. The zero-order chi connectivity index (χ0) is 21.5. The summed E-state index contributed by atoms with van der Waals surface area (Å²) in [6.07, 6.45) is 0. The van der Waals surface area contributed by atoms with Crippen molar-refractivity contribution in [3.63, 3.8) is 0 Å². The molecule has 6 rings (SSSR count). The van der Waals surface area contributed by atoms with E-state index < -0.39 is 0 Å². The molecule has 0 saturated heterocycles. The first kappa shape index (κ1) is 19.0. The number of para-hydroxylation sites is 1. The van der Waals surface area contributed by atoms with Crippen molar-refractivity contribution in [3.05, 3.63) is 114 Å². The van der Waals surface area contributed by atoms with Crippen LogP contribution >= 0.6 is 15.9 Å². The van der Waals surface area contributed by atoms with E-state index in [-0.39, 0.29) is 0 Å². The van der Waals surface area contributed by atoms with Crippen LogP contribution in [-0.4, -0.2) is 4.98 Å². The van der Waals surface area contributed by atoms with Crippen LogP contribution in [0.25, 0.3) is 55.6 Å². The first-order valence-electron chi connectivity index (χ1n) is 10.5. The fourth-order valence-corrected chi connectivity index (χ4v) is 4.65. The number of hydrogen-bond donors (Lipinski definition) is 0. The van der Waals surface area contributed by atoms with Crippen LogP contribution in [0.15, 0.2) is 118 Å². The van der Waals surface area contributed by atoms with Crippen molar-refractivity contribution in [1.29, 1.82) is 0 Å². The number of benzene rings is 4. The lowest BCUT2D eigenvalue weighted by atomic mass is 9.98. The summed E-state index contributed by atoms with van der Waals surface area (Å²) in [6, 6.07) is 37.4. The highest BCUT2D eigenvalue weighted by Crippen LogP contribution is 2.36. The van der Waals surface area contributed by atoms with Crippen molar-refractivity contribution < 1.29 is 4.42 Å². The van der Waals surface area contributed by atoms with E-state index >= 15 is 0 Å². The number of nitrogens with zero attached hydrogens (tertiary/aromatic N) is 1. The van der Waals surface area contributed by atoms with E-state index in [9.17, 15) is 0 Å². The number of hydrogen-bond acceptors (Lipinski definition) is 2. The summed E-state index contributed by atoms with van der Waals surface area (Å²) in [6.45, 7) is 0. The smallest absolute Gasteiger partial charge is 0.135 e. The third-order valence-electron chi connectivity index (χ3n) is 5.75. The second-order valence-electron chi connectivity index (χ2n) is 7.78. The molecule has 0 aliphatic heterocycles. The molecule has 0 atom stereocenters. The van der Waals surface area contributed by atoms with E-state index in [1.165, 1.54) is 0 Å². The molecule has 0 amide bonds. The molecule has 0 aliphatic rings. The van der Waals surface area contributed by atoms with E-state index in [0.717, 1.165) is 60.1 Å². The first-order valence-corrected chi connectivity index (χ1v) is 11.3. The molecule has 0 aliphatic carbocycles. The van der Waals surface area contributed by atoms with E-state index in [0.29, 0.717) is 0 Å². The highest BCUT2D eigenvalue weighted by Gasteiger charge is 2.13. The molecule has 0 N–H and O–H groups in total. The quantitative estimate of drug-likeness (QED) is 0.255. The summed E-state index contributed by atoms with van der Waals surface area (Å²) < 4.78 is 7.05. The Kier molecular flexibility index (Phi) is 4.62. The van der Waals surface area contributed by atoms with Gasteiger partial charge in [0.25, 0.3) is 0 Å². The number of rotatable bonds is 3. The van der Waals surface area contributed by atoms with Gasteiger partial charge < -0.3 is 4.42 Å². The topological polar surface area (TPSA) is 26.0 Å². The minimum absolute atomic E-state index is 0.901. The van der Waals surface area contributed by atoms with Crippen molar-refractivity contribution in [2.24, 2.45) is 0 Å². The van der Waals surface area contributed by atoms with Crippen LogP contribution in [0.5, 0.6) is 0 Å². The summed E-state index contributed by atoms with van der Waals surface area (Å²) in [4.78, 5) is 5.01. The maximum absolute atomic E-state index is 6.03. The van der Waals surface area contributed by atoms with Gasteiger partial charge in [0.1, 0.15) is 11.2 Å². The Balaban J connectivity index is 1.59. The Hall–Kier alpha value is -3.69. The maximum Gasteiger partial charge on any atom is 0.135 e. The minimum Gasteiger partial charge on any atom is -0.456 e. The van der Waals surface area contributed by atoms with Gasteiger partial charge in [0, 0.05) is 26.4 Å². The van der Waals surface area contributed by atoms with Gasteiger partial charge in [0.05, 0.1) is 11.4 Å². The third-order valence-corrected chi connectivity index (χ3v) is 6.45. The average Bonchev–Trinajstić information content (AvgIpc) is 3.22. The number of aromatic nitrogens is 1. The van der Waals surface area contributed by atoms with Gasteiger partial charge in [-0.3, -0.25) is 0 Å². The molecular weight excluding hydrogens is 458 g/mol. The van der Waals surface area contributed by atoms with E-state index in [2.05, 4.69) is 82.7 Å². The first-order chi connectivity index (χ1) is 15.8. The maximum atomic E-state index is 6.03. The number of pyridine rings is 1. The van der Waals surface area contributed by atoms with Gasteiger partial charge in [-0.2, -0.15) is 0 Å². The van der Waals surface area contributed by atoms with Crippen LogP contribution in [-0.2, 0) is 0 Å². The highest BCUT2D eigenvalue weighted by atomic mass is 79.9. The second-order valence-corrected chi connectivity index (χ2v) is 8.64. The molecule has 2 heterocycles. The SMILES string of the molecule is Brc1ccccc1-c1cc(-c2ccc3oc4ccccc4c3c2)cc(-c2ccccc2)n1. The fourth-order valence-electron chi connectivity index (χ4n) is 4.17. The van der Waals surface area contributed by atoms with Crippen molar-refractivity contribution in [1.82, 2.24) is 4.98 Å². The van der Waals surface area contributed by atoms with E-state index in [4.69, 9.17) is 9.40 Å². The Morgan fingerprint density at radius 2 is 1.25 bits per heavy atom. The molecule has 0 unspecified atom stereocenters. The number of fused-ring (bicyclic) bond motifs is 3. The molecule has 0 saturated carbocycles. The molecule has 152 valence electrons. The molecule has 32 heavy (non-hydrogen) atoms. The predicted octanol–water partition coefficient (Wildman–Crippen LogP) is 8.74. The Bertz CT molecular complexity index is 1580. The van der Waals surface area contributed by atoms with Gasteiger partial charge in [0.2, 0.25) is 0 Å². The molecule has 0 spiro atoms. The molecule has 3 heteroatoms. The molecule has 4 aromatic carbocycles. The Labute approximate surface area is 194 Å². The molecule has 0 bridgehead atoms. The molecule has 2 nitrogen and oxygen atoms in total. The largest absolute Gasteiger partial charge is 0.456 e. The standard InChI is InChI=1S/C29H18BrNO/c30-25-12-6-4-11-23(25)27-18-21(17-26(31-27)19-8-2-1-3-9-19)20-14-15-29-24(16-20)22-10-5-7-13-28(22)32-29/h1-18H. The highest BCUT2D eigenvalue weighted by molar-refractivity contribution is 9.10. The van der Waals surface area contributed by atoms with Crippen LogP contribution in [0.2, 0.25) is 0 Å². The molecule has 0 fully saturated rings. The third kappa shape index (κ3) is 3.31. The zero-order valence-electron chi connectivity index (χ0n) is 17.1. The summed E-state index contributed by atoms with van der Waals surface area (Å²) >= 11 is 3.70. The van der Waals surface area contributed by atoms with Crippen molar-refractivity contribution in [3.8, 4) is 33.6 Å². The minimum atomic E-state index is 0.901. The summed E-state index contributed by atoms with van der Waals surface area (Å²) in [5.41, 5.74) is 8.12. The monoisotopic (exact) mass is 475 g/mol. The zero-order valence-corrected chi connectivity index (χ0v) is 18.7. The average molecular weight is 476 g/mol. The normalized spacial score (nSPS) is 11.3. The van der Waals surface area contributed by atoms with Gasteiger partial charge in [-0.15, -0.1) is 0 Å². The Morgan fingerprint density at radius 1 is 0.531 bits per heavy atom. The lowest BCUT2D eigenvalue weighted by Crippen LogP contribution is -1.91. The van der Waals surface area contributed by atoms with Crippen LogP contribution in [0.4, 0.5) is 0 Å². The summed E-state index contributed by atoms with van der Waals surface area (Å²) in [5.74, 6) is 0. The lowest BCUT2D eigenvalue weighted by Gasteiger charge is -2.11. The van der Waals surface area contributed by atoms with Gasteiger partial charge >= 0.3 is 0 Å². The number of furan rings is 1. The van der Waals surface area contributed by atoms with E-state index in [1.807, 2.05) is 42.5 Å². The summed E-state index contributed by atoms with van der Waals surface area (Å²) in [7, 11) is 0. The second kappa shape index (κ2) is 7.77. The van der Waals surface area contributed by atoms with Gasteiger partial charge in [-0.25, -0.2) is 4.98 Å². The predicted molar refractivity (Wildman–Crippen MR) is 136 cm³/mol. The van der Waals surface area contributed by atoms with Gasteiger partial charge in [-0.05, 0) is 47.5 Å². The van der Waals surface area contributed by atoms with Crippen LogP contribution in [0.3, 0.4) is 0 Å². The van der Waals surface area contributed by atoms with Gasteiger partial charge in [-0.1, -0.05) is 88.7 Å². The van der Waals surface area contributed by atoms with Crippen LogP contribution < -0.4 is 0 Å². The summed E-state index contributed by atoms with van der Waals surface area (Å²) in [5, 5.41) is 2.26. The van der Waals surface area contributed by atoms with Gasteiger partial charge in [0.15, 0.2) is 0 Å². The molecule has 6 aromatic rings. The molecule has 0 radical (unpaired) electrons. The number of halogens is 1. The van der Waals surface area contributed by atoms with Crippen molar-refractivity contribution >= 4 is 37.9 Å². The van der Waals surface area contributed by atoms with Crippen molar-refractivity contribution in [2.75, 3.05) is 0 Å². The van der Waals surface area contributed by atoms with Crippen molar-refractivity contribution in [2.45, 2.75) is 0 Å². The molecular formula is C29H18BrNO. The molecule has 2 aromatic heterocycles. The Morgan fingerprint density at radius 3 is 2.12 bits per heavy atom. The van der Waals surface area contributed by atoms with Crippen LogP contribution in [0, 0.1) is 0 Å². The van der Waals surface area contributed by atoms with E-state index in [1.54, 1.807) is 0 Å². The fraction of sp³-hybridized carbons (Fsp3) is 0. The van der Waals surface area contributed by atoms with Crippen LogP contribution in [0.1, 0.15) is 0 Å².